The molecule has 0 unspecified atom stereocenters. The van der Waals surface area contributed by atoms with Crippen LogP contribution >= 0.6 is 0 Å². The summed E-state index contributed by atoms with van der Waals surface area (Å²) < 4.78 is 17.9. The molecule has 0 amide bonds. The van der Waals surface area contributed by atoms with Gasteiger partial charge in [-0.05, 0) is 90.0 Å². The normalized spacial score (nSPS) is 12.2. The van der Waals surface area contributed by atoms with Gasteiger partial charge in [0.1, 0.15) is 22.3 Å². The first-order valence-electron chi connectivity index (χ1n) is 17.7. The summed E-state index contributed by atoms with van der Waals surface area (Å²) in [5.41, 5.74) is 12.8. The molecule has 0 aliphatic rings. The van der Waals surface area contributed by atoms with Crippen molar-refractivity contribution in [3.05, 3.63) is 170 Å². The fourth-order valence-corrected chi connectivity index (χ4v) is 8.64. The molecule has 0 aliphatic heterocycles. The zero-order valence-corrected chi connectivity index (χ0v) is 27.9. The van der Waals surface area contributed by atoms with E-state index in [1.165, 1.54) is 16.3 Å². The van der Waals surface area contributed by atoms with Gasteiger partial charge in [-0.15, -0.1) is 0 Å². The lowest BCUT2D eigenvalue weighted by atomic mass is 10.0. The first-order chi connectivity index (χ1) is 25.8. The van der Waals surface area contributed by atoms with E-state index in [4.69, 9.17) is 8.83 Å². The highest BCUT2D eigenvalue weighted by molar-refractivity contribution is 6.29. The van der Waals surface area contributed by atoms with E-state index in [1.54, 1.807) is 0 Å². The van der Waals surface area contributed by atoms with Crippen LogP contribution in [0, 0.1) is 0 Å². The van der Waals surface area contributed by atoms with Crippen LogP contribution in [-0.4, -0.2) is 9.13 Å². The Morgan fingerprint density at radius 3 is 1.48 bits per heavy atom. The molecule has 52 heavy (non-hydrogen) atoms. The minimum Gasteiger partial charge on any atom is -0.456 e. The molecule has 0 fully saturated rings. The van der Waals surface area contributed by atoms with Crippen LogP contribution in [0.15, 0.2) is 179 Å². The molecule has 0 N–H and O–H groups in total. The molecule has 0 saturated carbocycles. The summed E-state index contributed by atoms with van der Waals surface area (Å²) in [7, 11) is 0. The van der Waals surface area contributed by atoms with Crippen LogP contribution in [0.25, 0.3) is 110 Å². The Bertz CT molecular complexity index is 3390. The molecule has 8 aromatic carbocycles. The molecular weight excluding hydrogens is 637 g/mol. The second-order valence-corrected chi connectivity index (χ2v) is 13.7. The highest BCUT2D eigenvalue weighted by atomic mass is 16.3. The van der Waals surface area contributed by atoms with Crippen molar-refractivity contribution in [1.82, 2.24) is 9.13 Å². The van der Waals surface area contributed by atoms with Gasteiger partial charge in [-0.2, -0.15) is 0 Å². The van der Waals surface area contributed by atoms with Crippen molar-refractivity contribution in [2.75, 3.05) is 0 Å². The van der Waals surface area contributed by atoms with Gasteiger partial charge in [0.2, 0.25) is 0 Å². The predicted molar refractivity (Wildman–Crippen MR) is 215 cm³/mol. The number of rotatable bonds is 3. The summed E-state index contributed by atoms with van der Waals surface area (Å²) in [6.07, 6.45) is 0. The van der Waals surface area contributed by atoms with E-state index in [-0.39, 0.29) is 0 Å². The zero-order chi connectivity index (χ0) is 33.9. The van der Waals surface area contributed by atoms with E-state index in [0.717, 1.165) is 93.7 Å². The van der Waals surface area contributed by atoms with Crippen LogP contribution in [-0.2, 0) is 0 Å². The number of hydrogen-bond acceptors (Lipinski definition) is 2. The molecule has 0 atom stereocenters. The quantitative estimate of drug-likeness (QED) is 0.188. The van der Waals surface area contributed by atoms with E-state index >= 15 is 0 Å². The van der Waals surface area contributed by atoms with Gasteiger partial charge < -0.3 is 18.0 Å². The topological polar surface area (TPSA) is 36.1 Å². The first kappa shape index (κ1) is 27.7. The maximum atomic E-state index is 7.10. The van der Waals surface area contributed by atoms with Gasteiger partial charge in [0.05, 0.1) is 32.8 Å². The molecule has 12 rings (SSSR count). The largest absolute Gasteiger partial charge is 0.456 e. The average Bonchev–Trinajstić information content (AvgIpc) is 3.95. The Morgan fingerprint density at radius 1 is 0.308 bits per heavy atom. The lowest BCUT2D eigenvalue weighted by molar-refractivity contribution is 0.669. The molecule has 0 radical (unpaired) electrons. The van der Waals surface area contributed by atoms with Crippen molar-refractivity contribution >= 4 is 87.5 Å². The van der Waals surface area contributed by atoms with Gasteiger partial charge in [0, 0.05) is 43.7 Å². The first-order valence-corrected chi connectivity index (χ1v) is 17.7. The summed E-state index contributed by atoms with van der Waals surface area (Å²) in [6, 6.07) is 60.5. The number of aromatic nitrogens is 2. The number of fused-ring (bicyclic) bond motifs is 14. The molecule has 4 heterocycles. The fourth-order valence-electron chi connectivity index (χ4n) is 8.64. The van der Waals surface area contributed by atoms with Crippen LogP contribution < -0.4 is 0 Å². The fraction of sp³-hybridized carbons (Fsp3) is 0. The number of nitrogens with zero attached hydrogens (tertiary/aromatic N) is 2. The molecular formula is C48H28N2O2. The van der Waals surface area contributed by atoms with Gasteiger partial charge in [-0.3, -0.25) is 0 Å². The second-order valence-electron chi connectivity index (χ2n) is 13.7. The van der Waals surface area contributed by atoms with Gasteiger partial charge in [-0.1, -0.05) is 91.0 Å². The predicted octanol–water partition coefficient (Wildman–Crippen LogP) is 13.3. The van der Waals surface area contributed by atoms with Crippen molar-refractivity contribution in [2.45, 2.75) is 0 Å². The van der Waals surface area contributed by atoms with E-state index in [9.17, 15) is 0 Å². The third kappa shape index (κ3) is 3.70. The summed E-state index contributed by atoms with van der Waals surface area (Å²) in [6.45, 7) is 0. The zero-order valence-electron chi connectivity index (χ0n) is 27.9. The third-order valence-corrected chi connectivity index (χ3v) is 10.9. The monoisotopic (exact) mass is 664 g/mol. The van der Waals surface area contributed by atoms with E-state index in [0.29, 0.717) is 0 Å². The Labute approximate surface area is 296 Å². The molecule has 242 valence electrons. The van der Waals surface area contributed by atoms with Gasteiger partial charge in [0.15, 0.2) is 0 Å². The maximum Gasteiger partial charge on any atom is 0.145 e. The molecule has 4 aromatic heterocycles. The van der Waals surface area contributed by atoms with Crippen LogP contribution in [0.1, 0.15) is 0 Å². The molecule has 12 aromatic rings. The summed E-state index contributed by atoms with van der Waals surface area (Å²) in [5.74, 6) is 0. The van der Waals surface area contributed by atoms with Gasteiger partial charge in [-0.25, -0.2) is 0 Å². The lowest BCUT2D eigenvalue weighted by Gasteiger charge is -2.09. The highest BCUT2D eigenvalue weighted by Gasteiger charge is 2.22. The van der Waals surface area contributed by atoms with Crippen LogP contribution in [0.5, 0.6) is 0 Å². The second kappa shape index (κ2) is 10.3. The molecule has 4 heteroatoms. The number of furan rings is 2. The smallest absolute Gasteiger partial charge is 0.145 e. The van der Waals surface area contributed by atoms with E-state index < -0.39 is 0 Å². The van der Waals surface area contributed by atoms with Crippen molar-refractivity contribution in [1.29, 1.82) is 0 Å². The Hall–Kier alpha value is -7.04. The van der Waals surface area contributed by atoms with Gasteiger partial charge >= 0.3 is 0 Å². The Balaban J connectivity index is 1.07. The van der Waals surface area contributed by atoms with Crippen molar-refractivity contribution in [2.24, 2.45) is 0 Å². The van der Waals surface area contributed by atoms with Crippen molar-refractivity contribution < 1.29 is 8.83 Å². The Morgan fingerprint density at radius 2 is 0.827 bits per heavy atom. The minimum atomic E-state index is 0.909. The molecule has 4 nitrogen and oxygen atoms in total. The van der Waals surface area contributed by atoms with E-state index in [2.05, 4.69) is 167 Å². The van der Waals surface area contributed by atoms with Crippen molar-refractivity contribution in [3.63, 3.8) is 0 Å². The molecule has 0 bridgehead atoms. The average molecular weight is 665 g/mol. The van der Waals surface area contributed by atoms with E-state index in [1.807, 2.05) is 12.1 Å². The molecule has 0 saturated heterocycles. The summed E-state index contributed by atoms with van der Waals surface area (Å²) >= 11 is 0. The minimum absolute atomic E-state index is 0.909. The summed E-state index contributed by atoms with van der Waals surface area (Å²) in [4.78, 5) is 0. The van der Waals surface area contributed by atoms with Crippen LogP contribution in [0.2, 0.25) is 0 Å². The highest BCUT2D eigenvalue weighted by Crippen LogP contribution is 2.45. The van der Waals surface area contributed by atoms with Crippen LogP contribution in [0.3, 0.4) is 0 Å². The molecule has 0 aliphatic carbocycles. The summed E-state index contributed by atoms with van der Waals surface area (Å²) in [5, 5.41) is 9.16. The van der Waals surface area contributed by atoms with Crippen LogP contribution in [0.4, 0.5) is 0 Å². The number of hydrogen-bond donors (Lipinski definition) is 0. The maximum absolute atomic E-state index is 7.10. The number of para-hydroxylation sites is 4. The molecule has 0 spiro atoms. The van der Waals surface area contributed by atoms with Crippen molar-refractivity contribution in [3.8, 4) is 22.5 Å². The SMILES string of the molecule is c1ccc(-n2c3ccccc3c3c4oc5c(ccc6c5c5ccccc5n6-c5ccc(-c6ccc7oc8ccccc8c7c6)cc5)c4ccc32)cc1. The van der Waals surface area contributed by atoms with Gasteiger partial charge in [0.25, 0.3) is 0 Å². The third-order valence-electron chi connectivity index (χ3n) is 10.9. The lowest BCUT2D eigenvalue weighted by Crippen LogP contribution is -1.93. The standard InChI is InChI=1S/C48H28N2O2/c1-2-10-31(11-3-1)49-39-15-7-4-13-36(39)45-41(49)25-23-34-35-24-26-42-46(48(35)52-47(34)45)37-14-5-8-16-40(37)50(42)32-21-18-29(19-22-32)30-20-27-44-38(28-30)33-12-6-9-17-43(33)51-44/h1-28H. The number of benzene rings is 8. The Kier molecular flexibility index (Phi) is 5.47.